The molecule has 2 N–H and O–H groups in total. The first kappa shape index (κ1) is 28.1. The Bertz CT molecular complexity index is 1670. The van der Waals surface area contributed by atoms with Crippen molar-refractivity contribution in [3.63, 3.8) is 0 Å². The molecule has 1 aliphatic rings. The van der Waals surface area contributed by atoms with Crippen molar-refractivity contribution < 1.29 is 31.0 Å². The molecular formula is C28H27F2N3O5S2. The molecule has 1 aromatic heterocycles. The van der Waals surface area contributed by atoms with Gasteiger partial charge in [-0.2, -0.15) is 4.31 Å². The Labute approximate surface area is 233 Å². The van der Waals surface area contributed by atoms with Crippen LogP contribution in [-0.4, -0.2) is 49.6 Å². The molecule has 8 nitrogen and oxygen atoms in total. The average molecular weight is 588 g/mol. The number of hydrogen-bond acceptors (Lipinski definition) is 6. The van der Waals surface area contributed by atoms with Crippen molar-refractivity contribution in [1.82, 2.24) is 9.62 Å². The lowest BCUT2D eigenvalue weighted by Crippen LogP contribution is -2.39. The van der Waals surface area contributed by atoms with Gasteiger partial charge in [-0.25, -0.2) is 21.9 Å². The van der Waals surface area contributed by atoms with Gasteiger partial charge >= 0.3 is 0 Å². The molecule has 40 heavy (non-hydrogen) atoms. The van der Waals surface area contributed by atoms with Gasteiger partial charge in [0, 0.05) is 37.2 Å². The second-order valence-electron chi connectivity index (χ2n) is 9.52. The van der Waals surface area contributed by atoms with Gasteiger partial charge in [-0.05, 0) is 66.8 Å². The minimum absolute atomic E-state index is 0.0607. The number of carbonyl (C=O) groups excluding carboxylic acids is 1. The van der Waals surface area contributed by atoms with E-state index in [1.807, 2.05) is 0 Å². The second-order valence-corrected chi connectivity index (χ2v) is 12.5. The first-order valence-electron chi connectivity index (χ1n) is 12.5. The van der Waals surface area contributed by atoms with Crippen LogP contribution in [0.15, 0.2) is 70.0 Å². The maximum absolute atomic E-state index is 14.4. The van der Waals surface area contributed by atoms with Gasteiger partial charge in [-0.1, -0.05) is 12.1 Å². The van der Waals surface area contributed by atoms with Gasteiger partial charge in [0.05, 0.1) is 22.6 Å². The summed E-state index contributed by atoms with van der Waals surface area (Å²) in [5.41, 5.74) is 2.17. The molecule has 4 aromatic rings. The molecule has 1 aliphatic heterocycles. The summed E-state index contributed by atoms with van der Waals surface area (Å²) in [5.74, 6) is -1.80. The maximum Gasteiger partial charge on any atom is 0.255 e. The molecular weight excluding hydrogens is 560 g/mol. The Morgan fingerprint density at radius 1 is 1.12 bits per heavy atom. The first-order chi connectivity index (χ1) is 19.1. The van der Waals surface area contributed by atoms with Gasteiger partial charge in [-0.15, -0.1) is 0 Å². The number of amides is 1. The number of furan rings is 1. The van der Waals surface area contributed by atoms with Gasteiger partial charge < -0.3 is 14.3 Å². The van der Waals surface area contributed by atoms with Crippen LogP contribution in [0.4, 0.5) is 14.5 Å². The number of nitrogens with one attached hydrogen (secondary N) is 2. The number of anilines is 1. The largest absolute Gasteiger partial charge is 0.593 e. The zero-order valence-corrected chi connectivity index (χ0v) is 23.4. The maximum atomic E-state index is 14.4. The number of hydrogen-bond donors (Lipinski definition) is 2. The highest BCUT2D eigenvalue weighted by Gasteiger charge is 2.34. The molecule has 0 radical (unpaired) electrons. The molecule has 2 heterocycles. The molecule has 0 aliphatic carbocycles. The average Bonchev–Trinajstić information content (AvgIpc) is 3.30. The van der Waals surface area contributed by atoms with E-state index in [0.717, 1.165) is 6.07 Å². The number of rotatable bonds is 7. The van der Waals surface area contributed by atoms with Crippen LogP contribution in [-0.2, 0) is 21.4 Å². The second kappa shape index (κ2) is 11.2. The van der Waals surface area contributed by atoms with Crippen molar-refractivity contribution in [3.8, 4) is 11.3 Å². The van der Waals surface area contributed by atoms with Gasteiger partial charge in [0.2, 0.25) is 10.0 Å². The minimum Gasteiger partial charge on any atom is -0.593 e. The van der Waals surface area contributed by atoms with Crippen molar-refractivity contribution in [2.45, 2.75) is 23.7 Å². The molecule has 0 spiro atoms. The van der Waals surface area contributed by atoms with Crippen molar-refractivity contribution in [2.24, 2.45) is 0 Å². The molecule has 210 valence electrons. The lowest BCUT2D eigenvalue weighted by atomic mass is 9.89. The lowest BCUT2D eigenvalue weighted by Gasteiger charge is -2.33. The molecule has 0 bridgehead atoms. The summed E-state index contributed by atoms with van der Waals surface area (Å²) in [6.45, 7) is 0.285. The zero-order valence-electron chi connectivity index (χ0n) is 21.7. The SMILES string of the molecule is CNC(=O)c1c(-c2ccc(F)cc2)oc2cc(N[S@+](C)[O-])c([C@@H]3CCCN(S(=O)(=O)c4ccccc4F)C3)cc12. The fourth-order valence-corrected chi connectivity index (χ4v) is 7.18. The molecule has 2 atom stereocenters. The van der Waals surface area contributed by atoms with E-state index in [0.29, 0.717) is 40.6 Å². The van der Waals surface area contributed by atoms with Crippen LogP contribution < -0.4 is 10.0 Å². The number of nitrogens with zero attached hydrogens (tertiary/aromatic N) is 1. The van der Waals surface area contributed by atoms with E-state index in [-0.39, 0.29) is 35.2 Å². The number of halogens is 2. The Morgan fingerprint density at radius 2 is 1.85 bits per heavy atom. The van der Waals surface area contributed by atoms with E-state index >= 15 is 0 Å². The smallest absolute Gasteiger partial charge is 0.255 e. The molecule has 3 aromatic carbocycles. The minimum atomic E-state index is -4.11. The number of benzene rings is 3. The van der Waals surface area contributed by atoms with Crippen molar-refractivity contribution in [3.05, 3.63) is 83.4 Å². The van der Waals surface area contributed by atoms with E-state index in [1.165, 1.54) is 60.1 Å². The monoisotopic (exact) mass is 587 g/mol. The standard InChI is InChI=1S/C28H27F2N3O5S2/c1-31-28(34)26-21-14-20(18-6-5-13-33(16-18)40(36,37)25-8-4-3-7-22(25)30)23(32-39(2)35)15-24(21)38-27(26)17-9-11-19(29)12-10-17/h3-4,7-12,14-15,18,32H,5-6,13,16H2,1-2H3,(H,31,34)/t18-,39+/m1/s1. The molecule has 12 heteroatoms. The highest BCUT2D eigenvalue weighted by molar-refractivity contribution is 7.92. The normalized spacial score (nSPS) is 17.1. The predicted molar refractivity (Wildman–Crippen MR) is 150 cm³/mol. The number of fused-ring (bicyclic) bond motifs is 1. The van der Waals surface area contributed by atoms with Gasteiger partial charge in [0.1, 0.15) is 34.1 Å². The zero-order chi connectivity index (χ0) is 28.6. The number of piperidine rings is 1. The third-order valence-corrected chi connectivity index (χ3v) is 9.36. The Balaban J connectivity index is 1.63. The molecule has 1 fully saturated rings. The van der Waals surface area contributed by atoms with Crippen LogP contribution in [0, 0.1) is 11.6 Å². The molecule has 1 saturated heterocycles. The van der Waals surface area contributed by atoms with E-state index in [9.17, 15) is 26.5 Å². The van der Waals surface area contributed by atoms with Crippen LogP contribution in [0.25, 0.3) is 22.3 Å². The Morgan fingerprint density at radius 3 is 2.52 bits per heavy atom. The third-order valence-electron chi connectivity index (χ3n) is 6.95. The van der Waals surface area contributed by atoms with Gasteiger partial charge in [0.25, 0.3) is 5.91 Å². The van der Waals surface area contributed by atoms with Crippen LogP contribution >= 0.6 is 0 Å². The highest BCUT2D eigenvalue weighted by atomic mass is 32.2. The van der Waals surface area contributed by atoms with Gasteiger partial charge in [-0.3, -0.25) is 4.79 Å². The number of sulfonamides is 1. The lowest BCUT2D eigenvalue weighted by molar-refractivity contribution is 0.0964. The summed E-state index contributed by atoms with van der Waals surface area (Å²) in [6, 6.07) is 14.2. The van der Waals surface area contributed by atoms with Crippen molar-refractivity contribution in [1.29, 1.82) is 0 Å². The topological polar surface area (TPSA) is 115 Å². The summed E-state index contributed by atoms with van der Waals surface area (Å²) in [4.78, 5) is 12.7. The van der Waals surface area contributed by atoms with Crippen LogP contribution in [0.5, 0.6) is 0 Å². The summed E-state index contributed by atoms with van der Waals surface area (Å²) in [6.07, 6.45) is 2.59. The van der Waals surface area contributed by atoms with E-state index < -0.39 is 38.9 Å². The van der Waals surface area contributed by atoms with Gasteiger partial charge in [0.15, 0.2) is 0 Å². The summed E-state index contributed by atoms with van der Waals surface area (Å²) in [7, 11) is -2.62. The molecule has 1 amide bonds. The fraction of sp³-hybridized carbons (Fsp3) is 0.250. The van der Waals surface area contributed by atoms with Crippen molar-refractivity contribution in [2.75, 3.05) is 31.1 Å². The molecule has 0 unspecified atom stereocenters. The predicted octanol–water partition coefficient (Wildman–Crippen LogP) is 5.01. The Hall–Kier alpha value is -3.45. The summed E-state index contributed by atoms with van der Waals surface area (Å²) >= 11 is -1.47. The molecule has 5 rings (SSSR count). The third kappa shape index (κ3) is 5.31. The first-order valence-corrected chi connectivity index (χ1v) is 15.5. The Kier molecular flexibility index (Phi) is 7.87. The highest BCUT2D eigenvalue weighted by Crippen LogP contribution is 2.41. The number of carbonyl (C=O) groups is 1. The molecule has 0 saturated carbocycles. The quantitative estimate of drug-likeness (QED) is 0.294. The summed E-state index contributed by atoms with van der Waals surface area (Å²) < 4.78 is 77.2. The fourth-order valence-electron chi connectivity index (χ4n) is 5.10. The van der Waals surface area contributed by atoms with E-state index in [1.54, 1.807) is 12.1 Å². The van der Waals surface area contributed by atoms with Crippen LogP contribution in [0.3, 0.4) is 0 Å². The summed E-state index contributed by atoms with van der Waals surface area (Å²) in [5, 5.41) is 3.08. The van der Waals surface area contributed by atoms with E-state index in [4.69, 9.17) is 4.42 Å². The van der Waals surface area contributed by atoms with Crippen molar-refractivity contribution >= 4 is 43.9 Å². The van der Waals surface area contributed by atoms with Crippen LogP contribution in [0.2, 0.25) is 0 Å². The van der Waals surface area contributed by atoms with Crippen LogP contribution in [0.1, 0.15) is 34.7 Å². The van der Waals surface area contributed by atoms with E-state index in [2.05, 4.69) is 10.0 Å².